The number of dihydropyridines is 1. The SMILES string of the molecule is CC1=C(C(=O)O)C(c2ccccc2C)C(C(=O)OCCC#N)=C(C)N1. The molecule has 0 saturated carbocycles. The first-order valence-electron chi connectivity index (χ1n) is 7.90. The molecule has 1 unspecified atom stereocenters. The summed E-state index contributed by atoms with van der Waals surface area (Å²) in [5.41, 5.74) is 3.05. The Hall–Kier alpha value is -3.07. The van der Waals surface area contributed by atoms with Crippen molar-refractivity contribution in [1.82, 2.24) is 5.32 Å². The van der Waals surface area contributed by atoms with Crippen molar-refractivity contribution in [3.05, 3.63) is 57.9 Å². The summed E-state index contributed by atoms with van der Waals surface area (Å²) in [6.45, 7) is 5.24. The number of nitriles is 1. The van der Waals surface area contributed by atoms with E-state index in [2.05, 4.69) is 5.32 Å². The van der Waals surface area contributed by atoms with E-state index >= 15 is 0 Å². The van der Waals surface area contributed by atoms with Gasteiger partial charge in [-0.2, -0.15) is 5.26 Å². The van der Waals surface area contributed by atoms with Crippen LogP contribution in [0.2, 0.25) is 0 Å². The Kier molecular flexibility index (Phi) is 5.60. The Bertz CT molecular complexity index is 815. The molecule has 0 aliphatic carbocycles. The van der Waals surface area contributed by atoms with E-state index in [0.717, 1.165) is 11.1 Å². The second-order valence-electron chi connectivity index (χ2n) is 5.84. The molecule has 0 spiro atoms. The van der Waals surface area contributed by atoms with Gasteiger partial charge in [0.1, 0.15) is 6.61 Å². The van der Waals surface area contributed by atoms with Gasteiger partial charge in [0, 0.05) is 11.4 Å². The number of aliphatic carboxylic acids is 1. The van der Waals surface area contributed by atoms with Crippen LogP contribution >= 0.6 is 0 Å². The van der Waals surface area contributed by atoms with Gasteiger partial charge in [0.05, 0.1) is 29.6 Å². The Balaban J connectivity index is 2.57. The molecular weight excluding hydrogens is 320 g/mol. The fourth-order valence-electron chi connectivity index (χ4n) is 3.04. The highest BCUT2D eigenvalue weighted by Gasteiger charge is 2.37. The van der Waals surface area contributed by atoms with Gasteiger partial charge in [-0.3, -0.25) is 0 Å². The molecule has 0 aromatic heterocycles. The summed E-state index contributed by atoms with van der Waals surface area (Å²) in [7, 11) is 0. The molecule has 1 aromatic rings. The molecule has 0 saturated heterocycles. The maximum atomic E-state index is 12.6. The maximum Gasteiger partial charge on any atom is 0.336 e. The van der Waals surface area contributed by atoms with E-state index in [9.17, 15) is 14.7 Å². The third-order valence-corrected chi connectivity index (χ3v) is 4.16. The van der Waals surface area contributed by atoms with Crippen molar-refractivity contribution in [2.45, 2.75) is 33.1 Å². The Morgan fingerprint density at radius 3 is 2.44 bits per heavy atom. The molecule has 1 aliphatic heterocycles. The molecule has 0 amide bonds. The van der Waals surface area contributed by atoms with Gasteiger partial charge in [0.15, 0.2) is 0 Å². The highest BCUT2D eigenvalue weighted by Crippen LogP contribution is 2.39. The van der Waals surface area contributed by atoms with Gasteiger partial charge >= 0.3 is 11.9 Å². The van der Waals surface area contributed by atoms with Gasteiger partial charge in [-0.05, 0) is 31.9 Å². The quantitative estimate of drug-likeness (QED) is 0.631. The van der Waals surface area contributed by atoms with E-state index in [1.165, 1.54) is 0 Å². The lowest BCUT2D eigenvalue weighted by atomic mass is 9.79. The molecule has 0 fully saturated rings. The van der Waals surface area contributed by atoms with Crippen LogP contribution in [0.3, 0.4) is 0 Å². The van der Waals surface area contributed by atoms with Gasteiger partial charge in [0.25, 0.3) is 0 Å². The summed E-state index contributed by atoms with van der Waals surface area (Å²) in [6, 6.07) is 9.28. The minimum Gasteiger partial charge on any atom is -0.478 e. The van der Waals surface area contributed by atoms with Gasteiger partial charge in [-0.1, -0.05) is 24.3 Å². The molecule has 1 heterocycles. The van der Waals surface area contributed by atoms with E-state index in [1.807, 2.05) is 37.3 Å². The van der Waals surface area contributed by atoms with Crippen LogP contribution in [0, 0.1) is 18.3 Å². The van der Waals surface area contributed by atoms with E-state index in [-0.39, 0.29) is 24.2 Å². The van der Waals surface area contributed by atoms with Gasteiger partial charge in [0.2, 0.25) is 0 Å². The first kappa shape index (κ1) is 18.3. The number of carbonyl (C=O) groups is 2. The number of rotatable bonds is 5. The Labute approximate surface area is 146 Å². The summed E-state index contributed by atoms with van der Waals surface area (Å²) >= 11 is 0. The van der Waals surface area contributed by atoms with Crippen LogP contribution in [0.5, 0.6) is 0 Å². The fourth-order valence-corrected chi connectivity index (χ4v) is 3.04. The average Bonchev–Trinajstić information content (AvgIpc) is 2.54. The third kappa shape index (κ3) is 3.72. The monoisotopic (exact) mass is 340 g/mol. The topological polar surface area (TPSA) is 99.4 Å². The van der Waals surface area contributed by atoms with Crippen LogP contribution in [-0.2, 0) is 14.3 Å². The van der Waals surface area contributed by atoms with Crippen molar-refractivity contribution in [2.75, 3.05) is 6.61 Å². The number of nitrogens with zero attached hydrogens (tertiary/aromatic N) is 1. The predicted molar refractivity (Wildman–Crippen MR) is 91.3 cm³/mol. The molecule has 0 bridgehead atoms. The number of hydrogen-bond acceptors (Lipinski definition) is 5. The van der Waals surface area contributed by atoms with Crippen LogP contribution in [0.1, 0.15) is 37.3 Å². The van der Waals surface area contributed by atoms with Crippen LogP contribution in [0.15, 0.2) is 46.8 Å². The molecular formula is C19H20N2O4. The van der Waals surface area contributed by atoms with Crippen LogP contribution < -0.4 is 5.32 Å². The Morgan fingerprint density at radius 1 is 1.20 bits per heavy atom. The van der Waals surface area contributed by atoms with Crippen molar-refractivity contribution in [2.24, 2.45) is 0 Å². The number of ether oxygens (including phenoxy) is 1. The number of aryl methyl sites for hydroxylation is 1. The summed E-state index contributed by atoms with van der Waals surface area (Å²) in [4.78, 5) is 24.5. The van der Waals surface area contributed by atoms with Crippen molar-refractivity contribution in [1.29, 1.82) is 5.26 Å². The molecule has 1 aliphatic rings. The molecule has 1 aromatic carbocycles. The standard InChI is InChI=1S/C19H20N2O4/c1-11-7-4-5-8-14(11)17-15(18(22)23)12(2)21-13(3)16(17)19(24)25-10-6-9-20/h4-5,7-8,17,21H,6,10H2,1-3H3,(H,22,23). The second-order valence-corrected chi connectivity index (χ2v) is 5.84. The van der Waals surface area contributed by atoms with Gasteiger partial charge < -0.3 is 15.2 Å². The van der Waals surface area contributed by atoms with Gasteiger partial charge in [-0.15, -0.1) is 0 Å². The predicted octanol–water partition coefficient (Wildman–Crippen LogP) is 2.77. The maximum absolute atomic E-state index is 12.6. The summed E-state index contributed by atoms with van der Waals surface area (Å²) in [6.07, 6.45) is 0.0845. The van der Waals surface area contributed by atoms with Crippen LogP contribution in [0.4, 0.5) is 0 Å². The lowest BCUT2D eigenvalue weighted by Gasteiger charge is -2.30. The largest absolute Gasteiger partial charge is 0.478 e. The number of esters is 1. The first-order valence-corrected chi connectivity index (χ1v) is 7.90. The fraction of sp³-hybridized carbons (Fsp3) is 0.316. The number of carboxylic acids is 1. The Morgan fingerprint density at radius 2 is 1.84 bits per heavy atom. The van der Waals surface area contributed by atoms with Crippen molar-refractivity contribution < 1.29 is 19.4 Å². The summed E-state index contributed by atoms with van der Waals surface area (Å²) < 4.78 is 5.17. The van der Waals surface area contributed by atoms with E-state index in [1.54, 1.807) is 13.8 Å². The molecule has 6 heteroatoms. The highest BCUT2D eigenvalue weighted by atomic mass is 16.5. The zero-order chi connectivity index (χ0) is 18.6. The van der Waals surface area contributed by atoms with Crippen molar-refractivity contribution in [3.8, 4) is 6.07 Å². The summed E-state index contributed by atoms with van der Waals surface area (Å²) in [5.74, 6) is -2.43. The molecule has 1 atom stereocenters. The van der Waals surface area contributed by atoms with E-state index in [4.69, 9.17) is 10.00 Å². The second kappa shape index (κ2) is 7.67. The molecule has 0 radical (unpaired) electrons. The highest BCUT2D eigenvalue weighted by molar-refractivity contribution is 5.99. The number of carboxylic acid groups (broad SMARTS) is 1. The third-order valence-electron chi connectivity index (χ3n) is 4.16. The normalized spacial score (nSPS) is 17.0. The van der Waals surface area contributed by atoms with Crippen LogP contribution in [0.25, 0.3) is 0 Å². The molecule has 25 heavy (non-hydrogen) atoms. The number of benzene rings is 1. The van der Waals surface area contributed by atoms with Crippen molar-refractivity contribution >= 4 is 11.9 Å². The van der Waals surface area contributed by atoms with E-state index < -0.39 is 17.9 Å². The van der Waals surface area contributed by atoms with Crippen LogP contribution in [-0.4, -0.2) is 23.7 Å². The first-order chi connectivity index (χ1) is 11.9. The minimum absolute atomic E-state index is 0.0301. The lowest BCUT2D eigenvalue weighted by molar-refractivity contribution is -0.139. The molecule has 130 valence electrons. The number of nitrogens with one attached hydrogen (secondary N) is 1. The number of hydrogen-bond donors (Lipinski definition) is 2. The van der Waals surface area contributed by atoms with Gasteiger partial charge in [-0.25, -0.2) is 9.59 Å². The molecule has 2 rings (SSSR count). The number of carbonyl (C=O) groups excluding carboxylic acids is 1. The minimum atomic E-state index is -1.09. The molecule has 6 nitrogen and oxygen atoms in total. The number of allylic oxidation sites excluding steroid dienone is 2. The van der Waals surface area contributed by atoms with Crippen molar-refractivity contribution in [3.63, 3.8) is 0 Å². The zero-order valence-corrected chi connectivity index (χ0v) is 14.4. The van der Waals surface area contributed by atoms with E-state index in [0.29, 0.717) is 11.4 Å². The lowest BCUT2D eigenvalue weighted by Crippen LogP contribution is -2.32. The average molecular weight is 340 g/mol. The smallest absolute Gasteiger partial charge is 0.336 e. The summed E-state index contributed by atoms with van der Waals surface area (Å²) in [5, 5.41) is 21.3. The molecule has 2 N–H and O–H groups in total. The zero-order valence-electron chi connectivity index (χ0n) is 14.4.